The average Bonchev–Trinajstić information content (AvgIpc) is 2.47. The Bertz CT molecular complexity index is 833. The van der Waals surface area contributed by atoms with Crippen LogP contribution < -0.4 is 15.8 Å². The van der Waals surface area contributed by atoms with Gasteiger partial charge < -0.3 is 10.6 Å². The van der Waals surface area contributed by atoms with Gasteiger partial charge in [-0.1, -0.05) is 0 Å². The Kier molecular flexibility index (Phi) is 4.89. The third kappa shape index (κ3) is 4.71. The molecule has 0 aromatic heterocycles. The van der Waals surface area contributed by atoms with Crippen LogP contribution >= 0.6 is 12.2 Å². The van der Waals surface area contributed by atoms with Crippen molar-refractivity contribution < 1.29 is 13.3 Å². The molecule has 0 unspecified atom stereocenters. The zero-order valence-corrected chi connectivity index (χ0v) is 13.2. The number of nitro benzene ring substituents is 1. The van der Waals surface area contributed by atoms with E-state index in [0.29, 0.717) is 11.4 Å². The fraction of sp³-hybridized carbons (Fsp3) is 0. The third-order valence-electron chi connectivity index (χ3n) is 2.78. The molecule has 2 rings (SSSR count). The smallest absolute Gasteiger partial charge is 0.269 e. The summed E-state index contributed by atoms with van der Waals surface area (Å²) >= 11 is 5.11. The highest BCUT2D eigenvalue weighted by Gasteiger charge is 2.08. The van der Waals surface area contributed by atoms with E-state index in [2.05, 4.69) is 10.6 Å². The fourth-order valence-electron chi connectivity index (χ4n) is 1.69. The molecular formula is C13H12N4O4S2. The molecule has 120 valence electrons. The number of sulfonamides is 1. The number of hydrogen-bond acceptors (Lipinski definition) is 5. The minimum Gasteiger partial charge on any atom is -0.332 e. The van der Waals surface area contributed by atoms with Crippen LogP contribution in [0.3, 0.4) is 0 Å². The number of nitro groups is 1. The van der Waals surface area contributed by atoms with Gasteiger partial charge in [-0.2, -0.15) is 0 Å². The Morgan fingerprint density at radius 2 is 1.43 bits per heavy atom. The van der Waals surface area contributed by atoms with Crippen molar-refractivity contribution in [3.8, 4) is 0 Å². The molecule has 8 nitrogen and oxygen atoms in total. The number of benzene rings is 2. The number of nitrogens with two attached hydrogens (primary N) is 1. The molecule has 0 atom stereocenters. The van der Waals surface area contributed by atoms with E-state index in [0.717, 1.165) is 0 Å². The van der Waals surface area contributed by atoms with Gasteiger partial charge >= 0.3 is 0 Å². The third-order valence-corrected chi connectivity index (χ3v) is 3.91. The number of nitrogens with one attached hydrogen (secondary N) is 2. The highest BCUT2D eigenvalue weighted by Crippen LogP contribution is 2.16. The van der Waals surface area contributed by atoms with E-state index in [1.165, 1.54) is 48.5 Å². The highest BCUT2D eigenvalue weighted by molar-refractivity contribution is 7.89. The first-order valence-corrected chi connectivity index (χ1v) is 8.16. The first kappa shape index (κ1) is 16.8. The van der Waals surface area contributed by atoms with E-state index in [1.807, 2.05) is 0 Å². The van der Waals surface area contributed by atoms with Gasteiger partial charge in [0.1, 0.15) is 0 Å². The summed E-state index contributed by atoms with van der Waals surface area (Å²) in [6, 6.07) is 11.5. The van der Waals surface area contributed by atoms with Crippen LogP contribution in [0.15, 0.2) is 53.4 Å². The van der Waals surface area contributed by atoms with Crippen molar-refractivity contribution >= 4 is 44.4 Å². The molecule has 0 aliphatic rings. The van der Waals surface area contributed by atoms with Gasteiger partial charge in [0.2, 0.25) is 10.0 Å². The van der Waals surface area contributed by atoms with E-state index >= 15 is 0 Å². The first-order valence-electron chi connectivity index (χ1n) is 6.21. The molecule has 10 heteroatoms. The second-order valence-electron chi connectivity index (χ2n) is 4.45. The van der Waals surface area contributed by atoms with Crippen LogP contribution in [0.1, 0.15) is 0 Å². The normalized spacial score (nSPS) is 10.8. The van der Waals surface area contributed by atoms with E-state index in [-0.39, 0.29) is 15.7 Å². The summed E-state index contributed by atoms with van der Waals surface area (Å²) in [5.41, 5.74) is 1.12. The molecule has 0 fully saturated rings. The number of rotatable bonds is 4. The zero-order valence-electron chi connectivity index (χ0n) is 11.6. The molecule has 0 spiro atoms. The molecule has 4 N–H and O–H groups in total. The molecule has 0 bridgehead atoms. The summed E-state index contributed by atoms with van der Waals surface area (Å²) < 4.78 is 22.3. The number of nitrogens with zero attached hydrogens (tertiary/aromatic N) is 1. The lowest BCUT2D eigenvalue weighted by atomic mass is 10.3. The van der Waals surface area contributed by atoms with E-state index in [4.69, 9.17) is 17.4 Å². The predicted octanol–water partition coefficient (Wildman–Crippen LogP) is 2.05. The summed E-state index contributed by atoms with van der Waals surface area (Å²) in [4.78, 5) is 10.1. The Morgan fingerprint density at radius 1 is 1.00 bits per heavy atom. The summed E-state index contributed by atoms with van der Waals surface area (Å²) in [5.74, 6) is 0. The molecule has 0 aliphatic heterocycles. The predicted molar refractivity (Wildman–Crippen MR) is 90.8 cm³/mol. The van der Waals surface area contributed by atoms with Gasteiger partial charge in [0.25, 0.3) is 5.69 Å². The lowest BCUT2D eigenvalue weighted by molar-refractivity contribution is -0.384. The van der Waals surface area contributed by atoms with Crippen molar-refractivity contribution in [2.45, 2.75) is 4.90 Å². The Balaban J connectivity index is 2.00. The first-order chi connectivity index (χ1) is 10.8. The van der Waals surface area contributed by atoms with Gasteiger partial charge in [-0.15, -0.1) is 0 Å². The SMILES string of the molecule is NS(=O)(=O)c1ccc(NC(=S)Nc2ccc([N+](=O)[O-])cc2)cc1. The summed E-state index contributed by atoms with van der Waals surface area (Å²) in [7, 11) is -3.74. The van der Waals surface area contributed by atoms with Crippen LogP contribution in [0.2, 0.25) is 0 Å². The minimum atomic E-state index is -3.74. The van der Waals surface area contributed by atoms with Crippen molar-refractivity contribution in [2.75, 3.05) is 10.6 Å². The average molecular weight is 352 g/mol. The maximum absolute atomic E-state index is 11.2. The minimum absolute atomic E-state index is 0.00250. The number of anilines is 2. The van der Waals surface area contributed by atoms with Crippen LogP contribution in [-0.2, 0) is 10.0 Å². The van der Waals surface area contributed by atoms with Crippen molar-refractivity contribution in [1.82, 2.24) is 0 Å². The van der Waals surface area contributed by atoms with Gasteiger partial charge in [0.05, 0.1) is 9.82 Å². The van der Waals surface area contributed by atoms with Gasteiger partial charge in [-0.3, -0.25) is 10.1 Å². The standard InChI is InChI=1S/C13H12N4O4S2/c14-23(20,21)12-7-3-10(4-8-12)16-13(22)15-9-1-5-11(6-2-9)17(18)19/h1-8H,(H2,14,20,21)(H2,15,16,22). The zero-order chi connectivity index (χ0) is 17.0. The molecule has 0 aliphatic carbocycles. The van der Waals surface area contributed by atoms with Crippen molar-refractivity contribution in [3.63, 3.8) is 0 Å². The Hall–Kier alpha value is -2.56. The number of thiocarbonyl (C=S) groups is 1. The van der Waals surface area contributed by atoms with Crippen molar-refractivity contribution in [2.24, 2.45) is 5.14 Å². The highest BCUT2D eigenvalue weighted by atomic mass is 32.2. The maximum atomic E-state index is 11.2. The van der Waals surface area contributed by atoms with Gasteiger partial charge in [0.15, 0.2) is 5.11 Å². The number of primary sulfonamides is 1. The second-order valence-corrected chi connectivity index (χ2v) is 6.42. The van der Waals surface area contributed by atoms with Gasteiger partial charge in [-0.25, -0.2) is 13.6 Å². The van der Waals surface area contributed by atoms with E-state index < -0.39 is 14.9 Å². The van der Waals surface area contributed by atoms with Crippen LogP contribution in [0, 0.1) is 10.1 Å². The molecule has 2 aromatic rings. The summed E-state index contributed by atoms with van der Waals surface area (Å²) in [6.07, 6.45) is 0. The fourth-order valence-corrected chi connectivity index (χ4v) is 2.44. The lowest BCUT2D eigenvalue weighted by Gasteiger charge is -2.10. The molecule has 0 amide bonds. The molecule has 0 saturated heterocycles. The lowest BCUT2D eigenvalue weighted by Crippen LogP contribution is -2.19. The largest absolute Gasteiger partial charge is 0.332 e. The number of non-ortho nitro benzene ring substituents is 1. The quantitative estimate of drug-likeness (QED) is 0.436. The number of hydrogen-bond donors (Lipinski definition) is 3. The van der Waals surface area contributed by atoms with E-state index in [1.54, 1.807) is 0 Å². The van der Waals surface area contributed by atoms with Crippen LogP contribution in [0.4, 0.5) is 17.1 Å². The van der Waals surface area contributed by atoms with Crippen molar-refractivity contribution in [3.05, 3.63) is 58.6 Å². The topological polar surface area (TPSA) is 127 Å². The van der Waals surface area contributed by atoms with Crippen LogP contribution in [-0.4, -0.2) is 18.5 Å². The van der Waals surface area contributed by atoms with E-state index in [9.17, 15) is 18.5 Å². The Morgan fingerprint density at radius 3 is 1.83 bits per heavy atom. The molecule has 0 radical (unpaired) electrons. The molecule has 2 aromatic carbocycles. The molecule has 0 heterocycles. The molecule has 23 heavy (non-hydrogen) atoms. The van der Waals surface area contributed by atoms with Crippen molar-refractivity contribution in [1.29, 1.82) is 0 Å². The van der Waals surface area contributed by atoms with Crippen LogP contribution in [0.25, 0.3) is 0 Å². The Labute approximate surface area is 137 Å². The summed E-state index contributed by atoms with van der Waals surface area (Å²) in [6.45, 7) is 0. The molecule has 0 saturated carbocycles. The summed E-state index contributed by atoms with van der Waals surface area (Å²) in [5, 5.41) is 21.5. The second kappa shape index (κ2) is 6.69. The van der Waals surface area contributed by atoms with Gasteiger partial charge in [0, 0.05) is 23.5 Å². The molecular weight excluding hydrogens is 340 g/mol. The maximum Gasteiger partial charge on any atom is 0.269 e. The monoisotopic (exact) mass is 352 g/mol. The van der Waals surface area contributed by atoms with Gasteiger partial charge in [-0.05, 0) is 48.6 Å². The van der Waals surface area contributed by atoms with Crippen LogP contribution in [0.5, 0.6) is 0 Å².